The average Bonchev–Trinajstić information content (AvgIpc) is 3.30. The molecule has 0 saturated carbocycles. The van der Waals surface area contributed by atoms with E-state index in [1.807, 2.05) is 0 Å². The minimum Gasteiger partial charge on any atom is -0.504 e. The summed E-state index contributed by atoms with van der Waals surface area (Å²) in [5.74, 6) is -1.70. The lowest BCUT2D eigenvalue weighted by molar-refractivity contribution is -0.119. The molecule has 1 amide bonds. The molecule has 0 unspecified atom stereocenters. The molecule has 1 aliphatic rings. The van der Waals surface area contributed by atoms with Gasteiger partial charge in [-0.15, -0.1) is 0 Å². The van der Waals surface area contributed by atoms with Gasteiger partial charge in [0.25, 0.3) is 0 Å². The number of carbonyl (C=O) groups is 1. The molecular formula is C18H16FN3O5S2. The first-order valence-corrected chi connectivity index (χ1v) is 10.9. The lowest BCUT2D eigenvalue weighted by Crippen LogP contribution is -2.43. The van der Waals surface area contributed by atoms with Crippen LogP contribution in [-0.2, 0) is 14.8 Å². The molecule has 11 heteroatoms. The molecule has 3 aromatic rings. The zero-order valence-electron chi connectivity index (χ0n) is 14.9. The lowest BCUT2D eigenvalue weighted by atomic mass is 10.2. The fourth-order valence-corrected chi connectivity index (χ4v) is 5.77. The van der Waals surface area contributed by atoms with Crippen molar-refractivity contribution in [3.8, 4) is 11.5 Å². The van der Waals surface area contributed by atoms with E-state index in [2.05, 4.69) is 10.3 Å². The van der Waals surface area contributed by atoms with Crippen LogP contribution in [0.4, 0.5) is 9.52 Å². The summed E-state index contributed by atoms with van der Waals surface area (Å²) in [6.07, 6.45) is 0.860. The molecule has 152 valence electrons. The Balaban J connectivity index is 1.57. The predicted molar refractivity (Wildman–Crippen MR) is 105 cm³/mol. The molecule has 0 bridgehead atoms. The van der Waals surface area contributed by atoms with E-state index in [1.54, 1.807) is 0 Å². The smallest absolute Gasteiger partial charge is 0.244 e. The van der Waals surface area contributed by atoms with Gasteiger partial charge >= 0.3 is 0 Å². The first-order chi connectivity index (χ1) is 13.8. The number of thiazole rings is 1. The summed E-state index contributed by atoms with van der Waals surface area (Å²) in [7, 11) is -3.96. The minimum atomic E-state index is -3.96. The van der Waals surface area contributed by atoms with E-state index in [0.717, 1.165) is 27.8 Å². The Labute approximate surface area is 169 Å². The van der Waals surface area contributed by atoms with Crippen molar-refractivity contribution in [3.63, 3.8) is 0 Å². The van der Waals surface area contributed by atoms with Crippen LogP contribution < -0.4 is 5.32 Å². The van der Waals surface area contributed by atoms with Crippen molar-refractivity contribution in [2.75, 3.05) is 11.9 Å². The number of rotatable bonds is 4. The highest BCUT2D eigenvalue weighted by Crippen LogP contribution is 2.35. The zero-order valence-corrected chi connectivity index (χ0v) is 16.5. The summed E-state index contributed by atoms with van der Waals surface area (Å²) in [6, 6.07) is 6.15. The molecule has 4 rings (SSSR count). The molecule has 8 nitrogen and oxygen atoms in total. The highest BCUT2D eigenvalue weighted by atomic mass is 32.2. The normalized spacial score (nSPS) is 17.6. The van der Waals surface area contributed by atoms with Crippen molar-refractivity contribution in [1.29, 1.82) is 0 Å². The monoisotopic (exact) mass is 437 g/mol. The van der Waals surface area contributed by atoms with Crippen LogP contribution in [-0.4, -0.2) is 46.4 Å². The van der Waals surface area contributed by atoms with Crippen LogP contribution in [0.1, 0.15) is 12.8 Å². The van der Waals surface area contributed by atoms with Crippen molar-refractivity contribution in [2.24, 2.45) is 0 Å². The Hall–Kier alpha value is -2.76. The quantitative estimate of drug-likeness (QED) is 0.540. The first kappa shape index (κ1) is 19.6. The molecule has 1 atom stereocenters. The van der Waals surface area contributed by atoms with E-state index in [-0.39, 0.29) is 28.1 Å². The number of nitrogens with zero attached hydrogens (tertiary/aromatic N) is 2. The Morgan fingerprint density at radius 2 is 1.90 bits per heavy atom. The van der Waals surface area contributed by atoms with Crippen LogP contribution in [0.15, 0.2) is 41.3 Å². The molecule has 0 spiro atoms. The number of benzene rings is 2. The first-order valence-electron chi connectivity index (χ1n) is 8.66. The summed E-state index contributed by atoms with van der Waals surface area (Å²) in [5, 5.41) is 22.0. The largest absolute Gasteiger partial charge is 0.504 e. The van der Waals surface area contributed by atoms with Crippen LogP contribution in [0.5, 0.6) is 11.5 Å². The summed E-state index contributed by atoms with van der Waals surface area (Å²) in [4.78, 5) is 16.9. The molecule has 3 N–H and O–H groups in total. The number of anilines is 1. The molecule has 2 heterocycles. The Morgan fingerprint density at radius 1 is 1.21 bits per heavy atom. The summed E-state index contributed by atoms with van der Waals surface area (Å²) >= 11 is 1.09. The van der Waals surface area contributed by atoms with E-state index in [1.165, 1.54) is 24.3 Å². The van der Waals surface area contributed by atoms with E-state index < -0.39 is 27.8 Å². The summed E-state index contributed by atoms with van der Waals surface area (Å²) < 4.78 is 40.6. The van der Waals surface area contributed by atoms with E-state index >= 15 is 0 Å². The zero-order chi connectivity index (χ0) is 20.8. The number of phenols is 2. The minimum absolute atomic E-state index is 0.0791. The lowest BCUT2D eigenvalue weighted by Gasteiger charge is -2.23. The molecular weight excluding hydrogens is 421 g/mol. The number of aromatic nitrogens is 1. The van der Waals surface area contributed by atoms with Crippen molar-refractivity contribution < 1.29 is 27.8 Å². The van der Waals surface area contributed by atoms with Gasteiger partial charge in [-0.3, -0.25) is 4.79 Å². The van der Waals surface area contributed by atoms with Gasteiger partial charge in [-0.2, -0.15) is 4.31 Å². The number of sulfonamides is 1. The topological polar surface area (TPSA) is 120 Å². The maximum absolute atomic E-state index is 13.1. The van der Waals surface area contributed by atoms with Gasteiger partial charge in [0.05, 0.1) is 15.1 Å². The van der Waals surface area contributed by atoms with Crippen LogP contribution in [0.3, 0.4) is 0 Å². The molecule has 1 saturated heterocycles. The predicted octanol–water partition coefficient (Wildman–Crippen LogP) is 2.64. The van der Waals surface area contributed by atoms with Gasteiger partial charge in [-0.25, -0.2) is 17.8 Å². The second-order valence-electron chi connectivity index (χ2n) is 6.54. The highest BCUT2D eigenvalue weighted by molar-refractivity contribution is 7.89. The fraction of sp³-hybridized carbons (Fsp3) is 0.222. The van der Waals surface area contributed by atoms with Crippen molar-refractivity contribution in [1.82, 2.24) is 9.29 Å². The number of hydrogen-bond acceptors (Lipinski definition) is 7. The van der Waals surface area contributed by atoms with Gasteiger partial charge in [0.1, 0.15) is 11.9 Å². The Bertz CT molecular complexity index is 1160. The number of aromatic hydroxyl groups is 2. The molecule has 29 heavy (non-hydrogen) atoms. The SMILES string of the molecule is O=C(Nc1nc2cc(O)c(O)cc2s1)[C@H]1CCCN1S(=O)(=O)c1ccc(F)cc1. The number of amides is 1. The Morgan fingerprint density at radius 3 is 2.62 bits per heavy atom. The van der Waals surface area contributed by atoms with E-state index in [4.69, 9.17) is 0 Å². The molecule has 0 radical (unpaired) electrons. The maximum Gasteiger partial charge on any atom is 0.244 e. The van der Waals surface area contributed by atoms with Crippen molar-refractivity contribution in [2.45, 2.75) is 23.8 Å². The summed E-state index contributed by atoms with van der Waals surface area (Å²) in [5.41, 5.74) is 0.391. The molecule has 1 fully saturated rings. The van der Waals surface area contributed by atoms with E-state index in [9.17, 15) is 27.8 Å². The third kappa shape index (κ3) is 3.63. The summed E-state index contributed by atoms with van der Waals surface area (Å²) in [6.45, 7) is 0.180. The van der Waals surface area contributed by atoms with Gasteiger partial charge in [0.15, 0.2) is 16.6 Å². The van der Waals surface area contributed by atoms with Gasteiger partial charge in [0, 0.05) is 18.7 Å². The second-order valence-corrected chi connectivity index (χ2v) is 9.47. The van der Waals surface area contributed by atoms with Gasteiger partial charge in [-0.1, -0.05) is 11.3 Å². The number of halogens is 1. The van der Waals surface area contributed by atoms with Crippen LogP contribution in [0.25, 0.3) is 10.2 Å². The highest BCUT2D eigenvalue weighted by Gasteiger charge is 2.39. The number of hydrogen-bond donors (Lipinski definition) is 3. The molecule has 2 aromatic carbocycles. The van der Waals surface area contributed by atoms with Crippen molar-refractivity contribution in [3.05, 3.63) is 42.2 Å². The number of carbonyl (C=O) groups excluding carboxylic acids is 1. The standard InChI is InChI=1S/C18H16FN3O5S2/c19-10-3-5-11(6-4-10)29(26,27)22-7-1-2-13(22)17(25)21-18-20-12-8-14(23)15(24)9-16(12)28-18/h3-6,8-9,13,23-24H,1-2,7H2,(H,20,21,25)/t13-/m1/s1. The molecule has 0 aliphatic carbocycles. The van der Waals surface area contributed by atoms with Gasteiger partial charge in [-0.05, 0) is 37.1 Å². The third-order valence-corrected chi connectivity index (χ3v) is 7.50. The second kappa shape index (κ2) is 7.25. The van der Waals surface area contributed by atoms with Crippen LogP contribution in [0, 0.1) is 5.82 Å². The Kier molecular flexibility index (Phi) is 4.89. The third-order valence-electron chi connectivity index (χ3n) is 4.64. The molecule has 1 aliphatic heterocycles. The van der Waals surface area contributed by atoms with Gasteiger partial charge in [0.2, 0.25) is 15.9 Å². The maximum atomic E-state index is 13.1. The van der Waals surface area contributed by atoms with Crippen molar-refractivity contribution >= 4 is 42.6 Å². The van der Waals surface area contributed by atoms with Crippen LogP contribution >= 0.6 is 11.3 Å². The van der Waals surface area contributed by atoms with E-state index in [0.29, 0.717) is 23.1 Å². The number of fused-ring (bicyclic) bond motifs is 1. The van der Waals surface area contributed by atoms with Crippen LogP contribution in [0.2, 0.25) is 0 Å². The fourth-order valence-electron chi connectivity index (χ4n) is 3.23. The number of phenolic OH excluding ortho intramolecular Hbond substituents is 2. The number of nitrogens with one attached hydrogen (secondary N) is 1. The van der Waals surface area contributed by atoms with Gasteiger partial charge < -0.3 is 15.5 Å². The molecule has 1 aromatic heterocycles. The average molecular weight is 437 g/mol.